The zero-order chi connectivity index (χ0) is 21.1. The number of nitrogens with one attached hydrogen (secondary N) is 1. The molecule has 5 nitrogen and oxygen atoms in total. The van der Waals surface area contributed by atoms with Gasteiger partial charge < -0.3 is 4.90 Å². The zero-order valence-electron chi connectivity index (χ0n) is 17.3. The fraction of sp³-hybridized carbons (Fsp3) is 0.348. The molecule has 1 saturated heterocycles. The Labute approximate surface area is 182 Å². The molecule has 0 spiro atoms. The Morgan fingerprint density at radius 3 is 2.70 bits per heavy atom. The van der Waals surface area contributed by atoms with E-state index >= 15 is 0 Å². The molecule has 0 radical (unpaired) electrons. The van der Waals surface area contributed by atoms with Crippen LogP contribution in [0, 0.1) is 6.92 Å². The summed E-state index contributed by atoms with van der Waals surface area (Å²) in [6.45, 7) is 7.52. The highest BCUT2D eigenvalue weighted by molar-refractivity contribution is 7.92. The van der Waals surface area contributed by atoms with Gasteiger partial charge in [-0.15, -0.1) is 11.3 Å². The predicted molar refractivity (Wildman–Crippen MR) is 124 cm³/mol. The van der Waals surface area contributed by atoms with Crippen LogP contribution in [-0.2, 0) is 10.0 Å². The third-order valence-corrected chi connectivity index (χ3v) is 7.66. The van der Waals surface area contributed by atoms with E-state index in [1.165, 1.54) is 12.0 Å². The van der Waals surface area contributed by atoms with Crippen LogP contribution in [0.15, 0.2) is 58.8 Å². The number of thiazole rings is 1. The first-order valence-electron chi connectivity index (χ1n) is 10.3. The van der Waals surface area contributed by atoms with Gasteiger partial charge in [0.1, 0.15) is 0 Å². The Hall–Kier alpha value is -2.22. The van der Waals surface area contributed by atoms with E-state index in [0.717, 1.165) is 42.3 Å². The quantitative estimate of drug-likeness (QED) is 0.553. The molecule has 3 aromatic rings. The van der Waals surface area contributed by atoms with E-state index in [4.69, 9.17) is 0 Å². The molecule has 2 aromatic carbocycles. The van der Waals surface area contributed by atoms with Crippen molar-refractivity contribution in [3.63, 3.8) is 0 Å². The topological polar surface area (TPSA) is 62.3 Å². The van der Waals surface area contributed by atoms with Crippen molar-refractivity contribution in [2.45, 2.75) is 37.5 Å². The van der Waals surface area contributed by atoms with E-state index in [0.29, 0.717) is 11.6 Å². The molecule has 0 aliphatic carbocycles. The fourth-order valence-corrected chi connectivity index (χ4v) is 5.71. The molecule has 1 aromatic heterocycles. The lowest BCUT2D eigenvalue weighted by molar-refractivity contribution is 0.335. The van der Waals surface area contributed by atoms with Crippen LogP contribution in [0.5, 0.6) is 0 Å². The summed E-state index contributed by atoms with van der Waals surface area (Å²) in [5.41, 5.74) is 3.46. The number of rotatable bonds is 7. The van der Waals surface area contributed by atoms with Gasteiger partial charge in [0.2, 0.25) is 0 Å². The molecule has 0 bridgehead atoms. The summed E-state index contributed by atoms with van der Waals surface area (Å²) in [6.07, 6.45) is 2.34. The van der Waals surface area contributed by atoms with Gasteiger partial charge in [0, 0.05) is 23.2 Å². The molecule has 4 rings (SSSR count). The fourth-order valence-electron chi connectivity index (χ4n) is 3.98. The van der Waals surface area contributed by atoms with Crippen molar-refractivity contribution in [2.24, 2.45) is 0 Å². The highest BCUT2D eigenvalue weighted by Crippen LogP contribution is 2.29. The Kier molecular flexibility index (Phi) is 6.22. The largest absolute Gasteiger partial charge is 0.303 e. The van der Waals surface area contributed by atoms with Crippen molar-refractivity contribution in [3.8, 4) is 11.3 Å². The van der Waals surface area contributed by atoms with Gasteiger partial charge in [-0.3, -0.25) is 4.72 Å². The highest BCUT2D eigenvalue weighted by Gasteiger charge is 2.23. The number of nitrogens with zero attached hydrogens (tertiary/aromatic N) is 2. The van der Waals surface area contributed by atoms with Gasteiger partial charge >= 0.3 is 0 Å². The molecular formula is C23H27N3O2S2. The molecular weight excluding hydrogens is 414 g/mol. The van der Waals surface area contributed by atoms with Gasteiger partial charge in [-0.05, 0) is 68.6 Å². The minimum absolute atomic E-state index is 0.237. The van der Waals surface area contributed by atoms with E-state index in [2.05, 4.69) is 21.5 Å². The van der Waals surface area contributed by atoms with Gasteiger partial charge in [0.05, 0.1) is 15.6 Å². The van der Waals surface area contributed by atoms with Gasteiger partial charge in [-0.1, -0.05) is 31.2 Å². The summed E-state index contributed by atoms with van der Waals surface area (Å²) in [4.78, 5) is 7.19. The van der Waals surface area contributed by atoms with E-state index in [1.807, 2.05) is 42.6 Å². The number of hydrogen-bond donors (Lipinski definition) is 1. The zero-order valence-corrected chi connectivity index (χ0v) is 19.0. The van der Waals surface area contributed by atoms with E-state index in [1.54, 1.807) is 29.5 Å². The molecule has 1 atom stereocenters. The maximum Gasteiger partial charge on any atom is 0.261 e. The first kappa shape index (κ1) is 21.0. The van der Waals surface area contributed by atoms with Gasteiger partial charge in [0.15, 0.2) is 0 Å². The molecule has 1 N–H and O–H groups in total. The lowest BCUT2D eigenvalue weighted by Crippen LogP contribution is -2.20. The second-order valence-electron chi connectivity index (χ2n) is 7.79. The molecule has 1 aliphatic heterocycles. The minimum Gasteiger partial charge on any atom is -0.303 e. The van der Waals surface area contributed by atoms with Crippen LogP contribution in [0.2, 0.25) is 0 Å². The van der Waals surface area contributed by atoms with Crippen molar-refractivity contribution >= 4 is 27.0 Å². The molecule has 2 heterocycles. The molecule has 1 fully saturated rings. The van der Waals surface area contributed by atoms with E-state index in [-0.39, 0.29) is 4.90 Å². The monoisotopic (exact) mass is 441 g/mol. The summed E-state index contributed by atoms with van der Waals surface area (Å²) in [5.74, 6) is 0.528. The maximum absolute atomic E-state index is 12.9. The van der Waals surface area contributed by atoms with Crippen LogP contribution in [0.1, 0.15) is 36.3 Å². The summed E-state index contributed by atoms with van der Waals surface area (Å²) >= 11 is 1.55. The summed E-state index contributed by atoms with van der Waals surface area (Å²) in [7, 11) is -3.67. The lowest BCUT2D eigenvalue weighted by Gasteiger charge is -2.15. The standard InChI is InChI=1S/C23H27N3O2S2/c1-3-12-26-13-11-20(15-26)18-7-9-21(10-8-18)25-30(27,28)22-6-4-5-19(14-22)23-16-29-17(2)24-23/h4-10,14,16,20,25H,3,11-13,15H2,1-2H3. The first-order chi connectivity index (χ1) is 14.4. The van der Waals surface area contributed by atoms with Gasteiger partial charge in [-0.25, -0.2) is 13.4 Å². The average molecular weight is 442 g/mol. The lowest BCUT2D eigenvalue weighted by atomic mass is 9.98. The SMILES string of the molecule is CCCN1CCC(c2ccc(NS(=O)(=O)c3cccc(-c4csc(C)n4)c3)cc2)C1. The predicted octanol–water partition coefficient (Wildman–Crippen LogP) is 5.12. The highest BCUT2D eigenvalue weighted by atomic mass is 32.2. The van der Waals surface area contributed by atoms with Crippen molar-refractivity contribution < 1.29 is 8.42 Å². The molecule has 1 unspecified atom stereocenters. The molecule has 1 aliphatic rings. The van der Waals surface area contributed by atoms with Crippen LogP contribution in [0.3, 0.4) is 0 Å². The van der Waals surface area contributed by atoms with Crippen LogP contribution < -0.4 is 4.72 Å². The number of aromatic nitrogens is 1. The Balaban J connectivity index is 1.47. The third kappa shape index (κ3) is 4.74. The van der Waals surface area contributed by atoms with Gasteiger partial charge in [-0.2, -0.15) is 0 Å². The number of aryl methyl sites for hydroxylation is 1. The van der Waals surface area contributed by atoms with Gasteiger partial charge in [0.25, 0.3) is 10.0 Å². The minimum atomic E-state index is -3.67. The first-order valence-corrected chi connectivity index (χ1v) is 12.7. The molecule has 7 heteroatoms. The van der Waals surface area contributed by atoms with Crippen molar-refractivity contribution in [2.75, 3.05) is 24.4 Å². The Morgan fingerprint density at radius 1 is 1.20 bits per heavy atom. The number of hydrogen-bond acceptors (Lipinski definition) is 5. The second-order valence-corrected chi connectivity index (χ2v) is 10.5. The molecule has 158 valence electrons. The van der Waals surface area contributed by atoms with Crippen molar-refractivity contribution in [1.29, 1.82) is 0 Å². The summed E-state index contributed by atoms with van der Waals surface area (Å²) in [5, 5.41) is 2.90. The number of anilines is 1. The molecule has 30 heavy (non-hydrogen) atoms. The van der Waals surface area contributed by atoms with Crippen LogP contribution in [-0.4, -0.2) is 37.9 Å². The maximum atomic E-state index is 12.9. The molecule has 0 saturated carbocycles. The van der Waals surface area contributed by atoms with Crippen LogP contribution in [0.4, 0.5) is 5.69 Å². The van der Waals surface area contributed by atoms with E-state index in [9.17, 15) is 8.42 Å². The second kappa shape index (κ2) is 8.88. The van der Waals surface area contributed by atoms with Crippen LogP contribution >= 0.6 is 11.3 Å². The Morgan fingerprint density at radius 2 is 2.00 bits per heavy atom. The van der Waals surface area contributed by atoms with Crippen molar-refractivity contribution in [1.82, 2.24) is 9.88 Å². The summed E-state index contributed by atoms with van der Waals surface area (Å²) < 4.78 is 28.5. The Bertz CT molecular complexity index is 1110. The number of benzene rings is 2. The third-order valence-electron chi connectivity index (χ3n) is 5.51. The molecule has 0 amide bonds. The number of likely N-dealkylation sites (tertiary alicyclic amines) is 1. The number of sulfonamides is 1. The average Bonchev–Trinajstić information content (AvgIpc) is 3.38. The smallest absolute Gasteiger partial charge is 0.261 e. The van der Waals surface area contributed by atoms with Crippen molar-refractivity contribution in [3.05, 3.63) is 64.5 Å². The van der Waals surface area contributed by atoms with E-state index < -0.39 is 10.0 Å². The van der Waals surface area contributed by atoms with Crippen LogP contribution in [0.25, 0.3) is 11.3 Å². The normalized spacial score (nSPS) is 17.3. The summed E-state index contributed by atoms with van der Waals surface area (Å²) in [6, 6.07) is 14.7.